The zero-order chi connectivity index (χ0) is 96.9. The van der Waals surface area contributed by atoms with Crippen LogP contribution in [0.4, 0.5) is 0 Å². The van der Waals surface area contributed by atoms with Gasteiger partial charge in [-0.25, -0.2) is 22.8 Å². The van der Waals surface area contributed by atoms with E-state index in [9.17, 15) is 0 Å². The van der Waals surface area contributed by atoms with Gasteiger partial charge in [0.15, 0.2) is 31.0 Å². The van der Waals surface area contributed by atoms with Gasteiger partial charge in [-0.15, -0.1) is 0 Å². The summed E-state index contributed by atoms with van der Waals surface area (Å²) in [6.45, 7) is 44.9. The highest BCUT2D eigenvalue weighted by molar-refractivity contribution is 5.82. The zero-order valence-corrected chi connectivity index (χ0v) is 86.6. The summed E-state index contributed by atoms with van der Waals surface area (Å²) in [5.74, 6) is 2.13. The summed E-state index contributed by atoms with van der Waals surface area (Å²) < 4.78 is 11.4. The number of aryl methyl sites for hydroxylation is 20. The average Bonchev–Trinajstić information content (AvgIpc) is 1.47. The summed E-state index contributed by atoms with van der Waals surface area (Å²) in [7, 11) is 10.8. The minimum atomic E-state index is 0.277. The van der Waals surface area contributed by atoms with Crippen LogP contribution in [0.3, 0.4) is 0 Å². The van der Waals surface area contributed by atoms with E-state index >= 15 is 0 Å². The van der Waals surface area contributed by atoms with Crippen LogP contribution in [-0.2, 0) is 48.1 Å². The SMILES string of the molecule is Cc1c[n+](C)c(-c2cc(-c3ccccc3)c(C)cc2C)cc1CC(C)(C)C.Cc1c[n+](C)c(-c2cc(-c3ccccc3)c(C)cc2C)cc1CC(C)C.Cc1cc(C)c(-c2cc(-c3ccccc3)c(C)c[n+]2C)cc1-c1ccccc1.Cc1cc(C)c(-c2cc(C3CCCC3)c(C)c[n+]2C)cc1-c1ccccc1.Cc1cc(C)c(-c2cc(C3CCCCC3)c(C)c[n+]2C)cc1-c1ccccc1. The molecular weight excluding hydrogens is 1640 g/mol. The van der Waals surface area contributed by atoms with E-state index in [2.05, 4.69) is 501 Å². The molecule has 5 heteroatoms. The van der Waals surface area contributed by atoms with Crippen molar-refractivity contribution in [1.29, 1.82) is 0 Å². The van der Waals surface area contributed by atoms with E-state index < -0.39 is 0 Å². The second-order valence-corrected chi connectivity index (χ2v) is 41.4. The number of nitrogens with zero attached hydrogens (tertiary/aromatic N) is 5. The summed E-state index contributed by atoms with van der Waals surface area (Å²) in [5.41, 5.74) is 55.1. The highest BCUT2D eigenvalue weighted by Gasteiger charge is 2.29. The van der Waals surface area contributed by atoms with Crippen molar-refractivity contribution in [3.05, 3.63) is 410 Å². The van der Waals surface area contributed by atoms with Crippen LogP contribution in [0.5, 0.6) is 0 Å². The van der Waals surface area contributed by atoms with Gasteiger partial charge < -0.3 is 0 Å². The fraction of sp³-hybridized carbons (Fsp3) is 0.305. The van der Waals surface area contributed by atoms with E-state index in [0.29, 0.717) is 5.92 Å². The fourth-order valence-electron chi connectivity index (χ4n) is 21.5. The van der Waals surface area contributed by atoms with Crippen molar-refractivity contribution in [1.82, 2.24) is 0 Å². The van der Waals surface area contributed by atoms with Gasteiger partial charge in [-0.1, -0.05) is 279 Å². The smallest absolute Gasteiger partial charge is 0.201 e. The molecule has 2 aliphatic carbocycles. The standard InChI is InChI=1S/C27H32N.C27H26N.C26H30N.C26H32N.C25H30N/c2*1-19-15-20(2)26(16-24(19)22-11-7-5-8-12-22)27-17-25(21(3)18-28(27)4)23-13-9-6-10-14-23;1-18-14-19(2)25(15-23(18)21-10-6-5-7-11-21)26-16-24(20(3)17-27(26)4)22-12-8-9-13-22;1-18-13-19(2)24(15-23(18)21-11-9-8-10-12-21)25-14-22(16-26(4,5)6)20(3)17-27(25)7;1-17(2)12-22-14-25(26(6)16-20(22)5)24-15-23(18(3)13-19(24)4)21-10-8-7-9-11-21/h5,7-8,11-12,15-18,23H,6,9-10,13-14H2,1-4H3;5-18H,1-4H3;5-7,10-11,14-17,22H,8-9,12-13H2,1-4H3;8-15,17H,16H2,1-7H3;7-11,13-17H,12H2,1-6H3/q5*+1. The minimum Gasteiger partial charge on any atom is -0.201 e. The maximum Gasteiger partial charge on any atom is 0.213 e. The molecular formula is C131H150N5+5. The van der Waals surface area contributed by atoms with Gasteiger partial charge in [-0.2, -0.15) is 0 Å². The van der Waals surface area contributed by atoms with E-state index in [4.69, 9.17) is 0 Å². The number of pyridine rings is 5. The Morgan fingerprint density at radius 3 is 0.706 bits per heavy atom. The maximum absolute atomic E-state index is 2.48. The molecule has 2 saturated carbocycles. The second-order valence-electron chi connectivity index (χ2n) is 41.4. The normalized spacial score (nSPS) is 12.7. The van der Waals surface area contributed by atoms with E-state index in [0.717, 1.165) is 24.7 Å². The minimum absolute atomic E-state index is 0.277. The van der Waals surface area contributed by atoms with Crippen molar-refractivity contribution in [2.75, 3.05) is 0 Å². The Morgan fingerprint density at radius 2 is 0.441 bits per heavy atom. The molecule has 0 saturated heterocycles. The summed E-state index contributed by atoms with van der Waals surface area (Å²) in [4.78, 5) is 0. The summed E-state index contributed by atoms with van der Waals surface area (Å²) in [6.07, 6.45) is 25.9. The first-order valence-corrected chi connectivity index (χ1v) is 50.0. The van der Waals surface area contributed by atoms with Crippen LogP contribution in [0.15, 0.2) is 304 Å². The number of benzene rings is 11. The molecule has 2 fully saturated rings. The number of rotatable bonds is 16. The van der Waals surface area contributed by atoms with Crippen LogP contribution >= 0.6 is 0 Å². The van der Waals surface area contributed by atoms with Crippen molar-refractivity contribution >= 4 is 0 Å². The van der Waals surface area contributed by atoms with Gasteiger partial charge in [-0.3, -0.25) is 0 Å². The lowest BCUT2D eigenvalue weighted by Gasteiger charge is -2.23. The van der Waals surface area contributed by atoms with Crippen LogP contribution in [0.25, 0.3) is 123 Å². The number of hydrogen-bond donors (Lipinski definition) is 0. The molecule has 136 heavy (non-hydrogen) atoms. The van der Waals surface area contributed by atoms with Crippen molar-refractivity contribution in [3.63, 3.8) is 0 Å². The second kappa shape index (κ2) is 44.3. The average molecular weight is 1790 g/mol. The monoisotopic (exact) mass is 1790 g/mol. The van der Waals surface area contributed by atoms with Crippen LogP contribution in [-0.4, -0.2) is 0 Å². The molecule has 5 heterocycles. The molecule has 0 bridgehead atoms. The lowest BCUT2D eigenvalue weighted by atomic mass is 9.82. The molecule has 694 valence electrons. The topological polar surface area (TPSA) is 19.4 Å². The Balaban J connectivity index is 0.000000136. The Bertz CT molecular complexity index is 6790. The first kappa shape index (κ1) is 99.1. The van der Waals surface area contributed by atoms with E-state index in [1.807, 2.05) is 0 Å². The van der Waals surface area contributed by atoms with Gasteiger partial charge >= 0.3 is 0 Å². The first-order chi connectivity index (χ1) is 65.1. The summed E-state index contributed by atoms with van der Waals surface area (Å²) in [5, 5.41) is 0. The largest absolute Gasteiger partial charge is 0.213 e. The van der Waals surface area contributed by atoms with Crippen molar-refractivity contribution < 1.29 is 22.8 Å². The lowest BCUT2D eigenvalue weighted by Crippen LogP contribution is -2.32. The van der Waals surface area contributed by atoms with Gasteiger partial charge in [0.25, 0.3) is 0 Å². The Morgan fingerprint density at radius 1 is 0.228 bits per heavy atom. The molecule has 2 aliphatic rings. The highest BCUT2D eigenvalue weighted by atomic mass is 14.9. The van der Waals surface area contributed by atoms with Gasteiger partial charge in [0.05, 0.1) is 0 Å². The molecule has 0 radical (unpaired) electrons. The molecule has 0 spiro atoms. The van der Waals surface area contributed by atoms with E-state index in [1.165, 1.54) is 275 Å². The summed E-state index contributed by atoms with van der Waals surface area (Å²) >= 11 is 0. The predicted octanol–water partition coefficient (Wildman–Crippen LogP) is 32.0. The molecule has 11 aromatic carbocycles. The Labute approximate surface area is 817 Å². The van der Waals surface area contributed by atoms with Crippen LogP contribution in [0.1, 0.15) is 210 Å². The van der Waals surface area contributed by atoms with Crippen molar-refractivity contribution in [3.8, 4) is 123 Å². The van der Waals surface area contributed by atoms with Crippen molar-refractivity contribution in [2.24, 2.45) is 46.6 Å². The molecule has 0 amide bonds. The number of hydrogen-bond acceptors (Lipinski definition) is 0. The molecule has 0 unspecified atom stereocenters. The third-order valence-corrected chi connectivity index (χ3v) is 28.6. The third-order valence-electron chi connectivity index (χ3n) is 28.6. The maximum atomic E-state index is 2.48. The first-order valence-electron chi connectivity index (χ1n) is 50.0. The van der Waals surface area contributed by atoms with Gasteiger partial charge in [0.2, 0.25) is 28.5 Å². The molecule has 16 aromatic rings. The van der Waals surface area contributed by atoms with Gasteiger partial charge in [0, 0.05) is 86.0 Å². The third kappa shape index (κ3) is 23.8. The molecule has 5 aromatic heterocycles. The fourth-order valence-corrected chi connectivity index (χ4v) is 21.5. The van der Waals surface area contributed by atoms with E-state index in [1.54, 1.807) is 11.1 Å². The zero-order valence-electron chi connectivity index (χ0n) is 86.6. The number of aromatic nitrogens is 5. The van der Waals surface area contributed by atoms with Gasteiger partial charge in [-0.05, 0) is 341 Å². The Hall–Kier alpha value is -12.8. The Kier molecular flexibility index (Phi) is 32.3. The van der Waals surface area contributed by atoms with Gasteiger partial charge in [0.1, 0.15) is 35.2 Å². The van der Waals surface area contributed by atoms with E-state index in [-0.39, 0.29) is 5.41 Å². The van der Waals surface area contributed by atoms with Crippen molar-refractivity contribution in [2.45, 2.75) is 221 Å². The van der Waals surface area contributed by atoms with Crippen LogP contribution in [0, 0.1) is 115 Å². The van der Waals surface area contributed by atoms with Crippen LogP contribution < -0.4 is 22.8 Å². The molecule has 0 N–H and O–H groups in total. The predicted molar refractivity (Wildman–Crippen MR) is 578 cm³/mol. The quantitative estimate of drug-likeness (QED) is 0.0859. The molecule has 5 nitrogen and oxygen atoms in total. The molecule has 0 aliphatic heterocycles. The summed E-state index contributed by atoms with van der Waals surface area (Å²) in [6, 6.07) is 99.8. The molecule has 18 rings (SSSR count). The van der Waals surface area contributed by atoms with Crippen LogP contribution in [0.2, 0.25) is 0 Å². The molecule has 0 atom stereocenters. The highest BCUT2D eigenvalue weighted by Crippen LogP contribution is 2.43. The lowest BCUT2D eigenvalue weighted by molar-refractivity contribution is -0.661.